The van der Waals surface area contributed by atoms with Crippen LogP contribution in [0.5, 0.6) is 11.5 Å². The van der Waals surface area contributed by atoms with Crippen molar-refractivity contribution in [2.24, 2.45) is 0 Å². The average molecular weight is 905 g/mol. The van der Waals surface area contributed by atoms with Crippen LogP contribution in [-0.4, -0.2) is 60.0 Å². The van der Waals surface area contributed by atoms with Crippen molar-refractivity contribution in [3.8, 4) is 11.5 Å². The maximum atomic E-state index is 18.4. The lowest BCUT2D eigenvalue weighted by atomic mass is 9.79. The fraction of sp³-hybridized carbons (Fsp3) is 0.255. The molecule has 2 heterocycles. The molecule has 0 unspecified atom stereocenters. The Morgan fingerprint density at radius 2 is 1.01 bits per heavy atom. The molecule has 0 spiro atoms. The third-order valence-electron chi connectivity index (χ3n) is 11.9. The highest BCUT2D eigenvalue weighted by molar-refractivity contribution is 5.70. The fourth-order valence-corrected chi connectivity index (χ4v) is 8.74. The number of benzene rings is 6. The number of carbonyl (C=O) groups is 1. The Labute approximate surface area is 388 Å². The van der Waals surface area contributed by atoms with Gasteiger partial charge < -0.3 is 28.4 Å². The Hall–Kier alpha value is -7.12. The van der Waals surface area contributed by atoms with Gasteiger partial charge in [0.25, 0.3) is 5.56 Å². The third-order valence-corrected chi connectivity index (χ3v) is 11.9. The van der Waals surface area contributed by atoms with Crippen LogP contribution in [0.3, 0.4) is 0 Å². The summed E-state index contributed by atoms with van der Waals surface area (Å²) in [5.74, 6) is 1.22. The molecule has 1 aliphatic rings. The third kappa shape index (κ3) is 9.08. The van der Waals surface area contributed by atoms with Crippen molar-refractivity contribution in [3.05, 3.63) is 236 Å². The molecule has 1 saturated heterocycles. The number of carbonyl (C=O) groups excluding carboxylic acids is 1. The second-order valence-corrected chi connectivity index (χ2v) is 17.3. The molecule has 0 aliphatic carbocycles. The minimum atomic E-state index is -2.00. The van der Waals surface area contributed by atoms with Crippen LogP contribution in [0.2, 0.25) is 0 Å². The van der Waals surface area contributed by atoms with Crippen molar-refractivity contribution >= 4 is 6.09 Å². The summed E-state index contributed by atoms with van der Waals surface area (Å²) in [7, 11) is 3.16. The second kappa shape index (κ2) is 19.4. The SMILES string of the molecule is COc1ccc(C(OC[C@H]2O[C@@H](n3cc(C)c(=O)n(C(=O)OC(C)(C)C)c3=O)[C@H](OC(c3ccccc3)(c3ccccc3)c3ccc(OC)cc3)[C@H]2F)(c2ccccc2)c2ccccc2)cc1. The standard InChI is InChI=1S/C55H53FN2O9/c1-37-35-57(51(60)58(49(37)59)52(61)67-53(2,3)4)50-48(66-55(40-23-15-9-16-24-40,41-25-17-10-18-26-41)43-29-33-45(63-6)34-30-43)47(56)46(65-50)36-64-54(38-19-11-7-12-20-38,39-21-13-8-14-22-39)42-27-31-44(62-5)32-28-42/h7-35,46-48,50H,36H2,1-6H3/t46-,47+,48-,50-/m1/s1. The summed E-state index contributed by atoms with van der Waals surface area (Å²) in [5.41, 5.74) is -1.76. The Kier molecular flexibility index (Phi) is 13.4. The first kappa shape index (κ1) is 46.4. The summed E-state index contributed by atoms with van der Waals surface area (Å²) >= 11 is 0. The zero-order chi connectivity index (χ0) is 47.3. The van der Waals surface area contributed by atoms with Gasteiger partial charge in [-0.15, -0.1) is 0 Å². The second-order valence-electron chi connectivity index (χ2n) is 17.3. The highest BCUT2D eigenvalue weighted by Gasteiger charge is 2.54. The minimum absolute atomic E-state index is 0.00197. The molecule has 67 heavy (non-hydrogen) atoms. The number of methoxy groups -OCH3 is 2. The maximum absolute atomic E-state index is 18.4. The largest absolute Gasteiger partial charge is 0.497 e. The minimum Gasteiger partial charge on any atom is -0.497 e. The van der Waals surface area contributed by atoms with Crippen molar-refractivity contribution < 1.29 is 37.6 Å². The zero-order valence-corrected chi connectivity index (χ0v) is 38.2. The van der Waals surface area contributed by atoms with E-state index in [-0.39, 0.29) is 12.2 Å². The molecule has 0 saturated carbocycles. The van der Waals surface area contributed by atoms with Crippen LogP contribution in [0.4, 0.5) is 9.18 Å². The first-order valence-corrected chi connectivity index (χ1v) is 22.0. The van der Waals surface area contributed by atoms with E-state index in [4.69, 9.17) is 28.4 Å². The zero-order valence-electron chi connectivity index (χ0n) is 38.2. The normalized spacial score (nSPS) is 17.5. The van der Waals surface area contributed by atoms with Gasteiger partial charge >= 0.3 is 11.8 Å². The number of alkyl halides is 1. The Morgan fingerprint density at radius 3 is 1.43 bits per heavy atom. The molecule has 0 radical (unpaired) electrons. The molecule has 1 fully saturated rings. The van der Waals surface area contributed by atoms with E-state index in [0.29, 0.717) is 32.8 Å². The molecule has 6 aromatic carbocycles. The number of hydrogen-bond donors (Lipinski definition) is 0. The number of aromatic nitrogens is 2. The van der Waals surface area contributed by atoms with Crippen molar-refractivity contribution in [2.45, 2.75) is 69.1 Å². The molecule has 4 atom stereocenters. The van der Waals surface area contributed by atoms with Crippen molar-refractivity contribution in [2.75, 3.05) is 20.8 Å². The number of nitrogens with zero attached hydrogens (tertiary/aromatic N) is 2. The fourth-order valence-electron chi connectivity index (χ4n) is 8.74. The number of ether oxygens (including phenoxy) is 6. The molecule has 8 rings (SSSR count). The first-order valence-electron chi connectivity index (χ1n) is 22.0. The van der Waals surface area contributed by atoms with Crippen LogP contribution < -0.4 is 20.7 Å². The smallest absolute Gasteiger partial charge is 0.425 e. The lowest BCUT2D eigenvalue weighted by molar-refractivity contribution is -0.122. The molecule has 1 aliphatic heterocycles. The van der Waals surface area contributed by atoms with Gasteiger partial charge in [-0.25, -0.2) is 14.0 Å². The molecule has 12 heteroatoms. The molecule has 1 aromatic heterocycles. The van der Waals surface area contributed by atoms with Gasteiger partial charge in [-0.2, -0.15) is 4.57 Å². The van der Waals surface area contributed by atoms with E-state index >= 15 is 4.39 Å². The molecule has 0 amide bonds. The van der Waals surface area contributed by atoms with Crippen LogP contribution >= 0.6 is 0 Å². The van der Waals surface area contributed by atoms with Gasteiger partial charge in [0.05, 0.1) is 20.8 Å². The van der Waals surface area contributed by atoms with Crippen molar-refractivity contribution in [1.82, 2.24) is 9.13 Å². The van der Waals surface area contributed by atoms with Gasteiger partial charge in [0, 0.05) is 11.8 Å². The van der Waals surface area contributed by atoms with E-state index in [1.807, 2.05) is 158 Å². The van der Waals surface area contributed by atoms with E-state index in [1.165, 1.54) is 13.1 Å². The van der Waals surface area contributed by atoms with Crippen molar-refractivity contribution in [1.29, 1.82) is 0 Å². The summed E-state index contributed by atoms with van der Waals surface area (Å²) in [6.07, 6.45) is -6.49. The van der Waals surface area contributed by atoms with Gasteiger partial charge in [-0.1, -0.05) is 146 Å². The highest BCUT2D eigenvalue weighted by Crippen LogP contribution is 2.48. The van der Waals surface area contributed by atoms with Gasteiger partial charge in [0.15, 0.2) is 12.4 Å². The summed E-state index contributed by atoms with van der Waals surface area (Å²) in [6.45, 7) is 5.95. The number of aryl methyl sites for hydroxylation is 1. The van der Waals surface area contributed by atoms with Crippen LogP contribution in [0.1, 0.15) is 65.9 Å². The predicted molar refractivity (Wildman–Crippen MR) is 252 cm³/mol. The van der Waals surface area contributed by atoms with Gasteiger partial charge in [0.2, 0.25) is 0 Å². The predicted octanol–water partition coefficient (Wildman–Crippen LogP) is 9.74. The molecular weight excluding hydrogens is 852 g/mol. The molecule has 11 nitrogen and oxygen atoms in total. The molecule has 0 bridgehead atoms. The maximum Gasteiger partial charge on any atom is 0.425 e. The van der Waals surface area contributed by atoms with Gasteiger partial charge in [0.1, 0.15) is 40.5 Å². The van der Waals surface area contributed by atoms with E-state index in [1.54, 1.807) is 47.1 Å². The van der Waals surface area contributed by atoms with E-state index in [9.17, 15) is 14.4 Å². The highest BCUT2D eigenvalue weighted by atomic mass is 19.1. The van der Waals surface area contributed by atoms with E-state index in [0.717, 1.165) is 21.3 Å². The van der Waals surface area contributed by atoms with E-state index in [2.05, 4.69) is 0 Å². The van der Waals surface area contributed by atoms with Crippen molar-refractivity contribution in [3.63, 3.8) is 0 Å². The van der Waals surface area contributed by atoms with Crippen LogP contribution in [0.25, 0.3) is 0 Å². The molecule has 344 valence electrons. The van der Waals surface area contributed by atoms with Crippen LogP contribution in [-0.2, 0) is 30.1 Å². The van der Waals surface area contributed by atoms with Crippen LogP contribution in [0.15, 0.2) is 186 Å². The van der Waals surface area contributed by atoms with E-state index < -0.39 is 58.8 Å². The molecule has 0 N–H and O–H groups in total. The molecule has 7 aromatic rings. The summed E-state index contributed by atoms with van der Waals surface area (Å²) in [5, 5.41) is 0. The lowest BCUT2D eigenvalue weighted by Gasteiger charge is -2.39. The number of rotatable bonds is 14. The number of hydrogen-bond acceptors (Lipinski definition) is 9. The Bertz CT molecular complexity index is 2810. The molecular formula is C55H53FN2O9. The number of halogens is 1. The quantitative estimate of drug-likeness (QED) is 0.0984. The van der Waals surface area contributed by atoms with Gasteiger partial charge in [-0.05, 0) is 85.3 Å². The first-order chi connectivity index (χ1) is 32.3. The summed E-state index contributed by atoms with van der Waals surface area (Å²) in [4.78, 5) is 42.0. The average Bonchev–Trinajstić information content (AvgIpc) is 3.66. The Balaban J connectivity index is 1.32. The monoisotopic (exact) mass is 904 g/mol. The van der Waals surface area contributed by atoms with Crippen LogP contribution in [0, 0.1) is 6.92 Å². The summed E-state index contributed by atoms with van der Waals surface area (Å²) in [6, 6.07) is 52.7. The summed E-state index contributed by atoms with van der Waals surface area (Å²) < 4.78 is 57.8. The Morgan fingerprint density at radius 1 is 0.612 bits per heavy atom. The van der Waals surface area contributed by atoms with Gasteiger partial charge in [-0.3, -0.25) is 9.36 Å². The lowest BCUT2D eigenvalue weighted by Crippen LogP contribution is -2.49. The topological polar surface area (TPSA) is 116 Å².